The Morgan fingerprint density at radius 3 is 3.11 bits per heavy atom. The van der Waals surface area contributed by atoms with E-state index in [0.717, 1.165) is 12.0 Å². The largest absolute Gasteiger partial charge is 0.484 e. The minimum absolute atomic E-state index is 0.189. The summed E-state index contributed by atoms with van der Waals surface area (Å²) in [5, 5.41) is 9.19. The molecule has 2 rings (SSSR count). The number of hydrogen-bond donors (Lipinski definition) is 2. The molecule has 0 unspecified atom stereocenters. The minimum Gasteiger partial charge on any atom is -0.484 e. The maximum Gasteiger partial charge on any atom is 0.263 e. The zero-order chi connectivity index (χ0) is 13.7. The molecule has 0 bridgehead atoms. The molecule has 0 spiro atoms. The van der Waals surface area contributed by atoms with Crippen LogP contribution in [0.25, 0.3) is 0 Å². The predicted molar refractivity (Wildman–Crippen MR) is 68.5 cm³/mol. The Morgan fingerprint density at radius 2 is 2.37 bits per heavy atom. The van der Waals surface area contributed by atoms with Gasteiger partial charge in [-0.3, -0.25) is 9.89 Å². The fourth-order valence-electron chi connectivity index (χ4n) is 1.57. The van der Waals surface area contributed by atoms with Gasteiger partial charge in [-0.25, -0.2) is 4.39 Å². The van der Waals surface area contributed by atoms with Crippen LogP contribution in [0, 0.1) is 5.82 Å². The molecule has 0 atom stereocenters. The summed E-state index contributed by atoms with van der Waals surface area (Å²) in [6.45, 7) is 1.77. The van der Waals surface area contributed by atoms with Crippen molar-refractivity contribution in [2.45, 2.75) is 13.3 Å². The van der Waals surface area contributed by atoms with Gasteiger partial charge in [0.15, 0.2) is 6.61 Å². The molecule has 1 heterocycles. The van der Waals surface area contributed by atoms with Crippen LogP contribution in [0.5, 0.6) is 5.75 Å². The van der Waals surface area contributed by atoms with Gasteiger partial charge in [-0.15, -0.1) is 0 Å². The highest BCUT2D eigenvalue weighted by Crippen LogP contribution is 2.13. The summed E-state index contributed by atoms with van der Waals surface area (Å²) < 4.78 is 18.1. The monoisotopic (exact) mass is 263 g/mol. The van der Waals surface area contributed by atoms with Crippen LogP contribution in [-0.2, 0) is 11.2 Å². The number of carbonyl (C=O) groups is 1. The summed E-state index contributed by atoms with van der Waals surface area (Å²) in [7, 11) is 0. The van der Waals surface area contributed by atoms with E-state index < -0.39 is 5.82 Å². The molecule has 0 radical (unpaired) electrons. The summed E-state index contributed by atoms with van der Waals surface area (Å²) in [5.41, 5.74) is 0.916. The lowest BCUT2D eigenvalue weighted by Gasteiger charge is -2.07. The van der Waals surface area contributed by atoms with Crippen molar-refractivity contribution in [3.8, 4) is 5.75 Å². The molecule has 0 saturated heterocycles. The fraction of sp³-hybridized carbons (Fsp3) is 0.231. The van der Waals surface area contributed by atoms with Crippen molar-refractivity contribution in [1.29, 1.82) is 0 Å². The highest BCUT2D eigenvalue weighted by Gasteiger charge is 2.08. The van der Waals surface area contributed by atoms with Crippen LogP contribution in [0.15, 0.2) is 30.5 Å². The van der Waals surface area contributed by atoms with Gasteiger partial charge in [-0.2, -0.15) is 5.10 Å². The molecule has 1 aromatic heterocycles. The van der Waals surface area contributed by atoms with Gasteiger partial charge in [0, 0.05) is 11.6 Å². The normalized spacial score (nSPS) is 10.2. The molecule has 0 aliphatic rings. The number of nitrogens with one attached hydrogen (secondary N) is 2. The van der Waals surface area contributed by atoms with E-state index in [2.05, 4.69) is 15.5 Å². The van der Waals surface area contributed by atoms with E-state index in [1.54, 1.807) is 12.3 Å². The van der Waals surface area contributed by atoms with Crippen LogP contribution in [0.1, 0.15) is 12.5 Å². The zero-order valence-corrected chi connectivity index (χ0v) is 10.4. The summed E-state index contributed by atoms with van der Waals surface area (Å²) >= 11 is 0. The first kappa shape index (κ1) is 13.1. The molecule has 0 aliphatic heterocycles. The van der Waals surface area contributed by atoms with Gasteiger partial charge < -0.3 is 10.1 Å². The van der Waals surface area contributed by atoms with Crippen molar-refractivity contribution in [1.82, 2.24) is 10.2 Å². The molecule has 1 aromatic carbocycles. The number of aryl methyl sites for hydroxylation is 1. The lowest BCUT2D eigenvalue weighted by molar-refractivity contribution is -0.118. The van der Waals surface area contributed by atoms with Crippen molar-refractivity contribution < 1.29 is 13.9 Å². The third-order valence-electron chi connectivity index (χ3n) is 2.53. The predicted octanol–water partition coefficient (Wildman–Crippen LogP) is 2.13. The standard InChI is InChI=1S/C13H14FN3O2/c1-2-9-7-15-17-13(9)16-12(18)8-19-11-5-3-4-10(14)6-11/h3-7H,2,8H2,1H3,(H2,15,16,17,18). The summed E-state index contributed by atoms with van der Waals surface area (Å²) in [6.07, 6.45) is 2.42. The summed E-state index contributed by atoms with van der Waals surface area (Å²) in [6, 6.07) is 5.64. The molecule has 100 valence electrons. The minimum atomic E-state index is -0.403. The molecular weight excluding hydrogens is 249 g/mol. The fourth-order valence-corrected chi connectivity index (χ4v) is 1.57. The number of rotatable bonds is 5. The Morgan fingerprint density at radius 1 is 1.53 bits per heavy atom. The van der Waals surface area contributed by atoms with Gasteiger partial charge >= 0.3 is 0 Å². The number of benzene rings is 1. The molecule has 0 saturated carbocycles. The van der Waals surface area contributed by atoms with Crippen molar-refractivity contribution >= 4 is 11.7 Å². The quantitative estimate of drug-likeness (QED) is 0.868. The number of aromatic amines is 1. The van der Waals surface area contributed by atoms with E-state index in [1.165, 1.54) is 18.2 Å². The first-order valence-corrected chi connectivity index (χ1v) is 5.89. The molecule has 0 aliphatic carbocycles. The van der Waals surface area contributed by atoms with Crippen molar-refractivity contribution in [3.63, 3.8) is 0 Å². The van der Waals surface area contributed by atoms with Crippen LogP contribution in [0.4, 0.5) is 10.2 Å². The topological polar surface area (TPSA) is 67.0 Å². The highest BCUT2D eigenvalue weighted by atomic mass is 19.1. The molecule has 2 N–H and O–H groups in total. The maximum absolute atomic E-state index is 12.9. The Kier molecular flexibility index (Phi) is 4.12. The zero-order valence-electron chi connectivity index (χ0n) is 10.4. The average molecular weight is 263 g/mol. The van der Waals surface area contributed by atoms with E-state index in [9.17, 15) is 9.18 Å². The Balaban J connectivity index is 1.88. The van der Waals surface area contributed by atoms with E-state index in [0.29, 0.717) is 11.6 Å². The van der Waals surface area contributed by atoms with Crippen LogP contribution in [0.2, 0.25) is 0 Å². The molecule has 1 amide bonds. The van der Waals surface area contributed by atoms with E-state index in [-0.39, 0.29) is 12.5 Å². The number of nitrogens with zero attached hydrogens (tertiary/aromatic N) is 1. The van der Waals surface area contributed by atoms with Gasteiger partial charge in [-0.05, 0) is 18.6 Å². The lowest BCUT2D eigenvalue weighted by Crippen LogP contribution is -2.21. The van der Waals surface area contributed by atoms with Crippen molar-refractivity contribution in [2.75, 3.05) is 11.9 Å². The Hall–Kier alpha value is -2.37. The van der Waals surface area contributed by atoms with Crippen LogP contribution < -0.4 is 10.1 Å². The van der Waals surface area contributed by atoms with Crippen LogP contribution >= 0.6 is 0 Å². The number of carbonyl (C=O) groups excluding carboxylic acids is 1. The number of H-pyrrole nitrogens is 1. The van der Waals surface area contributed by atoms with E-state index >= 15 is 0 Å². The second kappa shape index (κ2) is 5.99. The van der Waals surface area contributed by atoms with Gasteiger partial charge in [0.2, 0.25) is 0 Å². The first-order valence-electron chi connectivity index (χ1n) is 5.89. The van der Waals surface area contributed by atoms with Crippen molar-refractivity contribution in [2.24, 2.45) is 0 Å². The molecule has 6 heteroatoms. The van der Waals surface area contributed by atoms with Gasteiger partial charge in [0.05, 0.1) is 6.20 Å². The van der Waals surface area contributed by atoms with Crippen LogP contribution in [0.3, 0.4) is 0 Å². The molecule has 0 fully saturated rings. The average Bonchev–Trinajstić information content (AvgIpc) is 2.84. The molecule has 2 aromatic rings. The maximum atomic E-state index is 12.9. The Labute approximate surface area is 109 Å². The SMILES string of the molecule is CCc1cn[nH]c1NC(=O)COc1cccc(F)c1. The molecular formula is C13H14FN3O2. The number of halogens is 1. The van der Waals surface area contributed by atoms with E-state index in [4.69, 9.17) is 4.74 Å². The third kappa shape index (κ3) is 3.54. The molecule has 19 heavy (non-hydrogen) atoms. The van der Waals surface area contributed by atoms with Gasteiger partial charge in [-0.1, -0.05) is 13.0 Å². The number of hydrogen-bond acceptors (Lipinski definition) is 3. The smallest absolute Gasteiger partial charge is 0.263 e. The number of anilines is 1. The first-order chi connectivity index (χ1) is 9.19. The second-order valence-electron chi connectivity index (χ2n) is 3.92. The summed E-state index contributed by atoms with van der Waals surface area (Å²) in [4.78, 5) is 11.7. The Bertz CT molecular complexity index is 569. The number of ether oxygens (including phenoxy) is 1. The van der Waals surface area contributed by atoms with Gasteiger partial charge in [0.1, 0.15) is 17.4 Å². The number of amides is 1. The van der Waals surface area contributed by atoms with Crippen LogP contribution in [-0.4, -0.2) is 22.7 Å². The van der Waals surface area contributed by atoms with E-state index in [1.807, 2.05) is 6.92 Å². The highest BCUT2D eigenvalue weighted by molar-refractivity contribution is 5.91. The third-order valence-corrected chi connectivity index (χ3v) is 2.53. The van der Waals surface area contributed by atoms with Crippen molar-refractivity contribution in [3.05, 3.63) is 41.8 Å². The second-order valence-corrected chi connectivity index (χ2v) is 3.92. The lowest BCUT2D eigenvalue weighted by atomic mass is 10.2. The molecule has 5 nitrogen and oxygen atoms in total. The van der Waals surface area contributed by atoms with Gasteiger partial charge in [0.25, 0.3) is 5.91 Å². The summed E-state index contributed by atoms with van der Waals surface area (Å²) in [5.74, 6) is 0.147. The number of aromatic nitrogens is 2.